The molecule has 0 aromatic heterocycles. The van der Waals surface area contributed by atoms with E-state index in [1.165, 1.54) is 95.7 Å². The zero-order valence-corrected chi connectivity index (χ0v) is 19.5. The minimum Gasteiger partial charge on any atom is -0.355 e. The first-order valence-electron chi connectivity index (χ1n) is 12.5. The molecule has 2 nitrogen and oxygen atoms in total. The topological polar surface area (TPSA) is 6.48 Å². The van der Waals surface area contributed by atoms with E-state index in [1.54, 1.807) is 0 Å². The molecule has 0 radical (unpaired) electrons. The van der Waals surface area contributed by atoms with E-state index in [0.29, 0.717) is 12.1 Å². The average Bonchev–Trinajstić information content (AvgIpc) is 3.16. The Balaban J connectivity index is 1.52. The average molecular weight is 399 g/mol. The molecule has 0 saturated heterocycles. The predicted molar refractivity (Wildman–Crippen MR) is 129 cm³/mol. The molecule has 1 aromatic rings. The number of nitrogens with zero attached hydrogens (tertiary/aromatic N) is 2. The van der Waals surface area contributed by atoms with Crippen LogP contribution < -0.4 is 4.90 Å². The molecule has 1 aromatic carbocycles. The Labute approximate surface area is 181 Å². The molecule has 0 amide bonds. The Hall–Kier alpha value is -1.44. The van der Waals surface area contributed by atoms with E-state index in [1.807, 2.05) is 0 Å². The summed E-state index contributed by atoms with van der Waals surface area (Å²) < 4.78 is 0. The third-order valence-electron chi connectivity index (χ3n) is 6.21. The van der Waals surface area contributed by atoms with E-state index in [4.69, 9.17) is 0 Å². The first kappa shape index (κ1) is 23.8. The lowest BCUT2D eigenvalue weighted by Crippen LogP contribution is -2.43. The summed E-state index contributed by atoms with van der Waals surface area (Å²) in [5, 5.41) is 0. The number of unbranched alkanes of at least 4 members (excludes halogenated alkanes) is 12. The van der Waals surface area contributed by atoms with Crippen molar-refractivity contribution in [2.24, 2.45) is 5.92 Å². The molecule has 1 aliphatic rings. The van der Waals surface area contributed by atoms with Crippen molar-refractivity contribution < 1.29 is 0 Å². The van der Waals surface area contributed by atoms with Crippen molar-refractivity contribution in [2.75, 3.05) is 11.4 Å². The molecule has 0 aliphatic carbocycles. The summed E-state index contributed by atoms with van der Waals surface area (Å²) in [5.41, 5.74) is 1.30. The van der Waals surface area contributed by atoms with Gasteiger partial charge in [-0.1, -0.05) is 116 Å². The standard InChI is InChI=1S/C27H46N2/c1-4-5-6-7-8-9-10-11-12-13-14-15-19-22-28-23-24-29(27(28)25(2)3)26-20-17-16-18-21-26/h16-18,20-21,23-25,27H,4-15,19,22H2,1-3H3. The first-order chi connectivity index (χ1) is 14.2. The highest BCUT2D eigenvalue weighted by atomic mass is 15.4. The molecular formula is C27H46N2. The smallest absolute Gasteiger partial charge is 0.108 e. The van der Waals surface area contributed by atoms with Gasteiger partial charge < -0.3 is 9.80 Å². The number of para-hydroxylation sites is 1. The normalized spacial score (nSPS) is 16.3. The van der Waals surface area contributed by atoms with Crippen LogP contribution in [0.3, 0.4) is 0 Å². The lowest BCUT2D eigenvalue weighted by Gasteiger charge is -2.35. The monoisotopic (exact) mass is 398 g/mol. The largest absolute Gasteiger partial charge is 0.355 e. The first-order valence-corrected chi connectivity index (χ1v) is 12.5. The van der Waals surface area contributed by atoms with Gasteiger partial charge >= 0.3 is 0 Å². The van der Waals surface area contributed by atoms with E-state index in [9.17, 15) is 0 Å². The van der Waals surface area contributed by atoms with Crippen molar-refractivity contribution in [3.63, 3.8) is 0 Å². The second-order valence-electron chi connectivity index (χ2n) is 9.18. The Kier molecular flexibility index (Phi) is 11.9. The van der Waals surface area contributed by atoms with Crippen LogP contribution in [0.25, 0.3) is 0 Å². The van der Waals surface area contributed by atoms with Crippen molar-refractivity contribution in [1.29, 1.82) is 0 Å². The Morgan fingerprint density at radius 1 is 0.690 bits per heavy atom. The Morgan fingerprint density at radius 3 is 1.72 bits per heavy atom. The van der Waals surface area contributed by atoms with Crippen LogP contribution in [-0.4, -0.2) is 17.6 Å². The molecule has 0 N–H and O–H groups in total. The van der Waals surface area contributed by atoms with E-state index in [-0.39, 0.29) is 0 Å². The van der Waals surface area contributed by atoms with Crippen LogP contribution in [0.4, 0.5) is 5.69 Å². The molecule has 0 fully saturated rings. The maximum absolute atomic E-state index is 2.55. The number of hydrogen-bond donors (Lipinski definition) is 0. The van der Waals surface area contributed by atoms with Gasteiger partial charge in [0.2, 0.25) is 0 Å². The highest BCUT2D eigenvalue weighted by Gasteiger charge is 2.29. The van der Waals surface area contributed by atoms with Gasteiger partial charge in [0.15, 0.2) is 0 Å². The van der Waals surface area contributed by atoms with Gasteiger partial charge in [-0.05, 0) is 24.5 Å². The lowest BCUT2D eigenvalue weighted by atomic mass is 10.0. The summed E-state index contributed by atoms with van der Waals surface area (Å²) in [7, 11) is 0. The second kappa shape index (κ2) is 14.5. The van der Waals surface area contributed by atoms with Crippen LogP contribution in [0.2, 0.25) is 0 Å². The van der Waals surface area contributed by atoms with Crippen molar-refractivity contribution >= 4 is 5.69 Å². The van der Waals surface area contributed by atoms with Crippen LogP contribution in [0.1, 0.15) is 104 Å². The van der Waals surface area contributed by atoms with Gasteiger partial charge in [0.25, 0.3) is 0 Å². The number of benzene rings is 1. The summed E-state index contributed by atoms with van der Waals surface area (Å²) >= 11 is 0. The third kappa shape index (κ3) is 8.84. The molecule has 0 bridgehead atoms. The zero-order chi connectivity index (χ0) is 20.7. The van der Waals surface area contributed by atoms with Gasteiger partial charge in [-0.3, -0.25) is 0 Å². The summed E-state index contributed by atoms with van der Waals surface area (Å²) in [6, 6.07) is 10.8. The Morgan fingerprint density at radius 2 is 1.21 bits per heavy atom. The van der Waals surface area contributed by atoms with Crippen molar-refractivity contribution in [1.82, 2.24) is 4.90 Å². The number of hydrogen-bond acceptors (Lipinski definition) is 2. The van der Waals surface area contributed by atoms with Crippen LogP contribution >= 0.6 is 0 Å². The molecule has 2 heteroatoms. The van der Waals surface area contributed by atoms with Crippen LogP contribution in [-0.2, 0) is 0 Å². The minimum atomic E-state index is 0.453. The maximum atomic E-state index is 2.55. The Bertz CT molecular complexity index is 537. The molecule has 2 rings (SSSR count). The lowest BCUT2D eigenvalue weighted by molar-refractivity contribution is 0.237. The minimum absolute atomic E-state index is 0.453. The van der Waals surface area contributed by atoms with Gasteiger partial charge in [0.1, 0.15) is 6.17 Å². The highest BCUT2D eigenvalue weighted by molar-refractivity contribution is 5.51. The third-order valence-corrected chi connectivity index (χ3v) is 6.21. The molecule has 164 valence electrons. The number of anilines is 1. The molecular weight excluding hydrogens is 352 g/mol. The van der Waals surface area contributed by atoms with E-state index in [2.05, 4.69) is 73.3 Å². The maximum Gasteiger partial charge on any atom is 0.108 e. The quantitative estimate of drug-likeness (QED) is 0.258. The molecule has 0 spiro atoms. The fourth-order valence-electron chi connectivity index (χ4n) is 4.56. The fraction of sp³-hybridized carbons (Fsp3) is 0.704. The number of rotatable bonds is 16. The van der Waals surface area contributed by atoms with Crippen molar-refractivity contribution in [2.45, 2.75) is 110 Å². The van der Waals surface area contributed by atoms with Crippen molar-refractivity contribution in [3.05, 3.63) is 42.7 Å². The summed E-state index contributed by atoms with van der Waals surface area (Å²) in [4.78, 5) is 4.99. The SMILES string of the molecule is CCCCCCCCCCCCCCCN1C=CN(c2ccccc2)C1C(C)C. The summed E-state index contributed by atoms with van der Waals surface area (Å²) in [5.74, 6) is 0.604. The summed E-state index contributed by atoms with van der Waals surface area (Å²) in [6.45, 7) is 8.15. The van der Waals surface area contributed by atoms with Gasteiger partial charge in [-0.2, -0.15) is 0 Å². The fourth-order valence-corrected chi connectivity index (χ4v) is 4.56. The second-order valence-corrected chi connectivity index (χ2v) is 9.18. The van der Waals surface area contributed by atoms with Crippen LogP contribution in [0.5, 0.6) is 0 Å². The molecule has 29 heavy (non-hydrogen) atoms. The molecule has 1 heterocycles. The van der Waals surface area contributed by atoms with Gasteiger partial charge in [0, 0.05) is 24.6 Å². The summed E-state index contributed by atoms with van der Waals surface area (Å²) in [6.07, 6.45) is 23.5. The van der Waals surface area contributed by atoms with E-state index < -0.39 is 0 Å². The van der Waals surface area contributed by atoms with Gasteiger partial charge in [-0.15, -0.1) is 0 Å². The zero-order valence-electron chi connectivity index (χ0n) is 19.5. The molecule has 1 atom stereocenters. The van der Waals surface area contributed by atoms with Crippen LogP contribution in [0.15, 0.2) is 42.7 Å². The predicted octanol–water partition coefficient (Wildman–Crippen LogP) is 8.35. The molecule has 1 aliphatic heterocycles. The van der Waals surface area contributed by atoms with E-state index in [0.717, 1.165) is 0 Å². The van der Waals surface area contributed by atoms with E-state index >= 15 is 0 Å². The van der Waals surface area contributed by atoms with Gasteiger partial charge in [-0.25, -0.2) is 0 Å². The molecule has 1 unspecified atom stereocenters. The van der Waals surface area contributed by atoms with Crippen molar-refractivity contribution in [3.8, 4) is 0 Å². The van der Waals surface area contributed by atoms with Crippen LogP contribution in [0, 0.1) is 5.92 Å². The molecule has 0 saturated carbocycles. The van der Waals surface area contributed by atoms with Gasteiger partial charge in [0.05, 0.1) is 0 Å². The highest BCUT2D eigenvalue weighted by Crippen LogP contribution is 2.29.